The second kappa shape index (κ2) is 9.41. The van der Waals surface area contributed by atoms with Crippen molar-refractivity contribution in [1.82, 2.24) is 19.5 Å². The SMILES string of the molecule is CC(C)N1CCN(c2ccc3c(C(=O)N[C@@H]4CN5CCC4CC5)nsc3c2)C1=O.O=CO. The van der Waals surface area contributed by atoms with Gasteiger partial charge in [-0.2, -0.15) is 4.37 Å². The van der Waals surface area contributed by atoms with Crippen molar-refractivity contribution in [1.29, 1.82) is 0 Å². The van der Waals surface area contributed by atoms with Gasteiger partial charge < -0.3 is 20.2 Å². The number of rotatable bonds is 4. The van der Waals surface area contributed by atoms with Gasteiger partial charge in [-0.25, -0.2) is 4.79 Å². The van der Waals surface area contributed by atoms with Gasteiger partial charge >= 0.3 is 6.03 Å². The third kappa shape index (κ3) is 4.29. The molecular formula is C22H29N5O4S. The summed E-state index contributed by atoms with van der Waals surface area (Å²) in [7, 11) is 0. The zero-order valence-electron chi connectivity index (χ0n) is 18.4. The molecule has 6 rings (SSSR count). The van der Waals surface area contributed by atoms with Gasteiger partial charge in [-0.15, -0.1) is 0 Å². The van der Waals surface area contributed by atoms with Crippen molar-refractivity contribution >= 4 is 45.7 Å². The Morgan fingerprint density at radius 2 is 1.97 bits per heavy atom. The molecule has 1 atom stereocenters. The van der Waals surface area contributed by atoms with E-state index in [1.54, 1.807) is 0 Å². The highest BCUT2D eigenvalue weighted by Crippen LogP contribution is 2.31. The molecule has 0 spiro atoms. The van der Waals surface area contributed by atoms with Crippen LogP contribution in [0.5, 0.6) is 0 Å². The number of hydrogen-bond donors (Lipinski definition) is 2. The molecule has 3 amide bonds. The summed E-state index contributed by atoms with van der Waals surface area (Å²) >= 11 is 1.33. The average molecular weight is 460 g/mol. The number of anilines is 1. The van der Waals surface area contributed by atoms with Crippen molar-refractivity contribution in [2.24, 2.45) is 5.92 Å². The van der Waals surface area contributed by atoms with E-state index < -0.39 is 0 Å². The third-order valence-electron chi connectivity index (χ3n) is 6.62. The quantitative estimate of drug-likeness (QED) is 0.681. The third-order valence-corrected chi connectivity index (χ3v) is 7.43. The van der Waals surface area contributed by atoms with Gasteiger partial charge in [0, 0.05) is 42.8 Å². The van der Waals surface area contributed by atoms with Crippen LogP contribution in [0.25, 0.3) is 10.1 Å². The summed E-state index contributed by atoms with van der Waals surface area (Å²) in [4.78, 5) is 40.1. The molecule has 0 aliphatic carbocycles. The first-order valence-electron chi connectivity index (χ1n) is 11.0. The van der Waals surface area contributed by atoms with Crippen LogP contribution in [0.1, 0.15) is 37.2 Å². The van der Waals surface area contributed by atoms with Crippen LogP contribution in [-0.2, 0) is 4.79 Å². The second-order valence-electron chi connectivity index (χ2n) is 8.76. The van der Waals surface area contributed by atoms with Gasteiger partial charge in [0.25, 0.3) is 12.4 Å². The van der Waals surface area contributed by atoms with Crippen LogP contribution in [0.3, 0.4) is 0 Å². The first-order valence-corrected chi connectivity index (χ1v) is 11.8. The maximum Gasteiger partial charge on any atom is 0.324 e. The number of piperidine rings is 3. The number of urea groups is 1. The fraction of sp³-hybridized carbons (Fsp3) is 0.545. The fourth-order valence-electron chi connectivity index (χ4n) is 4.90. The lowest BCUT2D eigenvalue weighted by atomic mass is 9.84. The van der Waals surface area contributed by atoms with Gasteiger partial charge in [0.2, 0.25) is 0 Å². The minimum atomic E-state index is -0.250. The van der Waals surface area contributed by atoms with E-state index in [4.69, 9.17) is 9.90 Å². The van der Waals surface area contributed by atoms with Gasteiger partial charge in [-0.05, 0) is 75.4 Å². The molecule has 9 nitrogen and oxygen atoms in total. The minimum absolute atomic E-state index is 0.0455. The van der Waals surface area contributed by atoms with Crippen molar-refractivity contribution in [3.05, 3.63) is 23.9 Å². The molecule has 2 aromatic rings. The number of hydrogen-bond acceptors (Lipinski definition) is 6. The summed E-state index contributed by atoms with van der Waals surface area (Å²) in [6.45, 7) is 8.51. The number of aromatic nitrogens is 1. The molecule has 2 bridgehead atoms. The van der Waals surface area contributed by atoms with Crippen LogP contribution in [0.2, 0.25) is 0 Å². The first kappa shape index (κ1) is 22.5. The summed E-state index contributed by atoms with van der Waals surface area (Å²) < 4.78 is 5.40. The van der Waals surface area contributed by atoms with E-state index in [0.717, 1.165) is 42.0 Å². The smallest absolute Gasteiger partial charge is 0.324 e. The van der Waals surface area contributed by atoms with Gasteiger partial charge in [0.05, 0.1) is 4.70 Å². The number of nitrogens with one attached hydrogen (secondary N) is 1. The van der Waals surface area contributed by atoms with E-state index in [2.05, 4.69) is 14.6 Å². The zero-order valence-corrected chi connectivity index (χ0v) is 19.2. The number of carbonyl (C=O) groups is 3. The number of carbonyl (C=O) groups excluding carboxylic acids is 2. The van der Waals surface area contributed by atoms with Crippen LogP contribution in [0, 0.1) is 5.92 Å². The molecule has 4 aliphatic heterocycles. The monoisotopic (exact) mass is 459 g/mol. The molecule has 4 saturated heterocycles. The molecule has 10 heteroatoms. The molecule has 172 valence electrons. The summed E-state index contributed by atoms with van der Waals surface area (Å²) in [6, 6.07) is 6.32. The lowest BCUT2D eigenvalue weighted by molar-refractivity contribution is -0.122. The van der Waals surface area contributed by atoms with Crippen molar-refractivity contribution in [3.8, 4) is 0 Å². The van der Waals surface area contributed by atoms with E-state index in [0.29, 0.717) is 18.2 Å². The Balaban J connectivity index is 0.000000775. The van der Waals surface area contributed by atoms with Gasteiger partial charge in [0.1, 0.15) is 5.69 Å². The van der Waals surface area contributed by atoms with Crippen LogP contribution >= 0.6 is 11.5 Å². The first-order chi connectivity index (χ1) is 15.4. The average Bonchev–Trinajstić information content (AvgIpc) is 3.38. The maximum atomic E-state index is 12.9. The molecule has 2 N–H and O–H groups in total. The predicted molar refractivity (Wildman–Crippen MR) is 123 cm³/mol. The summed E-state index contributed by atoms with van der Waals surface area (Å²) in [5.41, 5.74) is 1.38. The highest BCUT2D eigenvalue weighted by molar-refractivity contribution is 7.13. The Morgan fingerprint density at radius 3 is 2.56 bits per heavy atom. The predicted octanol–water partition coefficient (Wildman–Crippen LogP) is 2.47. The Hall–Kier alpha value is -2.72. The highest BCUT2D eigenvalue weighted by Gasteiger charge is 2.36. The van der Waals surface area contributed by atoms with Crippen molar-refractivity contribution in [2.45, 2.75) is 38.8 Å². The molecular weight excluding hydrogens is 430 g/mol. The standard InChI is InChI=1S/C21H27N5O2S.CH2O2/c1-13(2)25-9-10-26(21(25)28)15-3-4-16-18(11-15)29-23-19(16)20(27)22-17-12-24-7-5-14(17)6-8-24;2-1-3/h3-4,11,13-14,17H,5-10,12H2,1-2H3,(H,22,27);1H,(H,2,3)/t17-;/m1./s1. The van der Waals surface area contributed by atoms with Crippen LogP contribution < -0.4 is 10.2 Å². The largest absolute Gasteiger partial charge is 0.483 e. The summed E-state index contributed by atoms with van der Waals surface area (Å²) in [6.07, 6.45) is 2.34. The molecule has 1 aromatic heterocycles. The molecule has 5 heterocycles. The van der Waals surface area contributed by atoms with Crippen molar-refractivity contribution in [3.63, 3.8) is 0 Å². The van der Waals surface area contributed by atoms with Crippen molar-refractivity contribution in [2.75, 3.05) is 37.6 Å². The van der Waals surface area contributed by atoms with Gasteiger partial charge in [-0.3, -0.25) is 14.5 Å². The van der Waals surface area contributed by atoms with Crippen LogP contribution in [-0.4, -0.2) is 82.5 Å². The van der Waals surface area contributed by atoms with E-state index in [1.807, 2.05) is 41.8 Å². The Bertz CT molecular complexity index is 1000. The molecule has 0 unspecified atom stereocenters. The highest BCUT2D eigenvalue weighted by atomic mass is 32.1. The van der Waals surface area contributed by atoms with Crippen molar-refractivity contribution < 1.29 is 19.5 Å². The molecule has 1 aromatic carbocycles. The molecule has 32 heavy (non-hydrogen) atoms. The summed E-state index contributed by atoms with van der Waals surface area (Å²) in [5.74, 6) is 0.511. The maximum absolute atomic E-state index is 12.9. The number of amides is 3. The minimum Gasteiger partial charge on any atom is -0.483 e. The molecule has 4 aliphatic rings. The van der Waals surface area contributed by atoms with Gasteiger partial charge in [-0.1, -0.05) is 0 Å². The Kier molecular flexibility index (Phi) is 6.61. The van der Waals surface area contributed by atoms with E-state index in [1.165, 1.54) is 24.4 Å². The lowest BCUT2D eigenvalue weighted by Gasteiger charge is -2.44. The Morgan fingerprint density at radius 1 is 1.25 bits per heavy atom. The van der Waals surface area contributed by atoms with E-state index >= 15 is 0 Å². The second-order valence-corrected chi connectivity index (χ2v) is 9.56. The normalized spacial score (nSPS) is 24.6. The number of carboxylic acid groups (broad SMARTS) is 1. The van der Waals surface area contributed by atoms with E-state index in [-0.39, 0.29) is 30.5 Å². The van der Waals surface area contributed by atoms with E-state index in [9.17, 15) is 9.59 Å². The number of benzene rings is 1. The molecule has 0 radical (unpaired) electrons. The zero-order chi connectivity index (χ0) is 22.8. The molecule has 4 fully saturated rings. The summed E-state index contributed by atoms with van der Waals surface area (Å²) in [5, 5.41) is 11.0. The number of nitrogens with zero attached hydrogens (tertiary/aromatic N) is 4. The fourth-order valence-corrected chi connectivity index (χ4v) is 5.70. The van der Waals surface area contributed by atoms with Crippen LogP contribution in [0.15, 0.2) is 18.2 Å². The lowest BCUT2D eigenvalue weighted by Crippen LogP contribution is -2.57. The van der Waals surface area contributed by atoms with Crippen LogP contribution in [0.4, 0.5) is 10.5 Å². The number of fused-ring (bicyclic) bond motifs is 4. The topological polar surface area (TPSA) is 106 Å². The van der Waals surface area contributed by atoms with Gasteiger partial charge in [0.15, 0.2) is 0 Å². The molecule has 0 saturated carbocycles. The Labute approximate surface area is 191 Å².